The highest BCUT2D eigenvalue weighted by Gasteiger charge is 2.23. The van der Waals surface area contributed by atoms with Crippen molar-refractivity contribution in [3.05, 3.63) is 35.1 Å². The van der Waals surface area contributed by atoms with Gasteiger partial charge in [0, 0.05) is 32.2 Å². The summed E-state index contributed by atoms with van der Waals surface area (Å²) >= 11 is 0. The van der Waals surface area contributed by atoms with Gasteiger partial charge in [-0.05, 0) is 30.5 Å². The van der Waals surface area contributed by atoms with E-state index in [4.69, 9.17) is 0 Å². The number of hydrogen-bond acceptors (Lipinski definition) is 2. The average molecular weight is 291 g/mol. The van der Waals surface area contributed by atoms with E-state index in [9.17, 15) is 8.78 Å². The summed E-state index contributed by atoms with van der Waals surface area (Å²) in [6.45, 7) is 5.01. The fraction of sp³-hybridized carbons (Fsp3) is 0.571. The quantitative estimate of drug-likeness (QED) is 0.917. The van der Waals surface area contributed by atoms with E-state index in [-0.39, 0.29) is 30.9 Å². The Kier molecular flexibility index (Phi) is 6.69. The molecule has 1 aliphatic heterocycles. The molecule has 2 nitrogen and oxygen atoms in total. The van der Waals surface area contributed by atoms with Crippen LogP contribution in [0.25, 0.3) is 0 Å². The Hall–Kier alpha value is -0.710. The largest absolute Gasteiger partial charge is 0.314 e. The first-order chi connectivity index (χ1) is 8.74. The van der Waals surface area contributed by atoms with Crippen molar-refractivity contribution < 1.29 is 8.78 Å². The second-order valence-electron chi connectivity index (χ2n) is 4.73. The van der Waals surface area contributed by atoms with E-state index in [0.29, 0.717) is 12.0 Å². The molecule has 2 rings (SSSR count). The van der Waals surface area contributed by atoms with E-state index >= 15 is 0 Å². The van der Waals surface area contributed by atoms with Crippen LogP contribution in [0.3, 0.4) is 0 Å². The van der Waals surface area contributed by atoms with Crippen LogP contribution < -0.4 is 5.32 Å². The lowest BCUT2D eigenvalue weighted by Crippen LogP contribution is -2.45. The van der Waals surface area contributed by atoms with Crippen molar-refractivity contribution in [1.82, 2.24) is 10.2 Å². The Labute approximate surface area is 119 Å². The van der Waals surface area contributed by atoms with E-state index in [2.05, 4.69) is 10.2 Å². The summed E-state index contributed by atoms with van der Waals surface area (Å²) in [6.07, 6.45) is 0.435. The third-order valence-electron chi connectivity index (χ3n) is 3.64. The zero-order valence-corrected chi connectivity index (χ0v) is 12.0. The Balaban J connectivity index is 0.00000180. The maximum absolute atomic E-state index is 13.6. The summed E-state index contributed by atoms with van der Waals surface area (Å²) in [4.78, 5) is 2.25. The molecule has 0 spiro atoms. The third-order valence-corrected chi connectivity index (χ3v) is 3.64. The van der Waals surface area contributed by atoms with Gasteiger partial charge in [0.1, 0.15) is 5.82 Å². The zero-order valence-electron chi connectivity index (χ0n) is 11.2. The minimum Gasteiger partial charge on any atom is -0.314 e. The minimum atomic E-state index is -0.370. The number of piperazine rings is 1. The van der Waals surface area contributed by atoms with Crippen LogP contribution >= 0.6 is 12.4 Å². The van der Waals surface area contributed by atoms with E-state index in [1.807, 2.05) is 6.07 Å². The van der Waals surface area contributed by atoms with Crippen LogP contribution in [0.4, 0.5) is 8.78 Å². The standard InChI is InChI=1S/C14H20F2N2.ClH/c1-11-12(3-2-4-13(11)16)14(5-6-15)18-9-7-17-8-10-18;/h2-4,14,17H,5-10H2,1H3;1H/t14-;/m1./s1. The second kappa shape index (κ2) is 7.78. The van der Waals surface area contributed by atoms with Crippen molar-refractivity contribution in [1.29, 1.82) is 0 Å². The van der Waals surface area contributed by atoms with Crippen LogP contribution in [0.2, 0.25) is 0 Å². The second-order valence-corrected chi connectivity index (χ2v) is 4.73. The van der Waals surface area contributed by atoms with Gasteiger partial charge >= 0.3 is 0 Å². The summed E-state index contributed by atoms with van der Waals surface area (Å²) in [5, 5.41) is 3.28. The molecule has 5 heteroatoms. The predicted octanol–water partition coefficient (Wildman–Crippen LogP) is 2.86. The zero-order chi connectivity index (χ0) is 13.0. The molecular weight excluding hydrogens is 270 g/mol. The van der Waals surface area contributed by atoms with Gasteiger partial charge in [-0.25, -0.2) is 4.39 Å². The molecule has 1 heterocycles. The molecule has 19 heavy (non-hydrogen) atoms. The summed E-state index contributed by atoms with van der Waals surface area (Å²) < 4.78 is 26.4. The first-order valence-electron chi connectivity index (χ1n) is 6.49. The summed E-state index contributed by atoms with van der Waals surface area (Å²) in [7, 11) is 0. The number of benzene rings is 1. The molecule has 0 unspecified atom stereocenters. The Bertz CT molecular complexity index is 395. The lowest BCUT2D eigenvalue weighted by molar-refractivity contribution is 0.156. The first kappa shape index (κ1) is 16.3. The van der Waals surface area contributed by atoms with Gasteiger partial charge in [-0.15, -0.1) is 12.4 Å². The van der Waals surface area contributed by atoms with E-state index in [1.165, 1.54) is 6.07 Å². The smallest absolute Gasteiger partial charge is 0.126 e. The fourth-order valence-electron chi connectivity index (χ4n) is 2.62. The van der Waals surface area contributed by atoms with E-state index < -0.39 is 0 Å². The van der Waals surface area contributed by atoms with Crippen molar-refractivity contribution in [2.45, 2.75) is 19.4 Å². The Morgan fingerprint density at radius 2 is 2.00 bits per heavy atom. The molecule has 1 aromatic carbocycles. The molecule has 1 saturated heterocycles. The fourth-order valence-corrected chi connectivity index (χ4v) is 2.62. The molecule has 0 bridgehead atoms. The van der Waals surface area contributed by atoms with Gasteiger partial charge in [0.25, 0.3) is 0 Å². The monoisotopic (exact) mass is 290 g/mol. The molecule has 1 N–H and O–H groups in total. The molecule has 0 amide bonds. The number of nitrogens with zero attached hydrogens (tertiary/aromatic N) is 1. The molecule has 0 aliphatic carbocycles. The topological polar surface area (TPSA) is 15.3 Å². The highest BCUT2D eigenvalue weighted by molar-refractivity contribution is 5.85. The third kappa shape index (κ3) is 3.88. The average Bonchev–Trinajstić information content (AvgIpc) is 2.41. The van der Waals surface area contributed by atoms with Crippen LogP contribution in [-0.2, 0) is 0 Å². The molecule has 0 radical (unpaired) electrons. The van der Waals surface area contributed by atoms with Crippen molar-refractivity contribution in [2.24, 2.45) is 0 Å². The van der Waals surface area contributed by atoms with Gasteiger partial charge in [0.05, 0.1) is 6.67 Å². The predicted molar refractivity (Wildman–Crippen MR) is 76.2 cm³/mol. The number of rotatable bonds is 4. The van der Waals surface area contributed by atoms with Crippen molar-refractivity contribution in [3.8, 4) is 0 Å². The molecule has 0 aromatic heterocycles. The summed E-state index contributed by atoms with van der Waals surface area (Å²) in [5.74, 6) is -0.202. The maximum Gasteiger partial charge on any atom is 0.126 e. The van der Waals surface area contributed by atoms with E-state index in [0.717, 1.165) is 31.7 Å². The molecule has 1 aromatic rings. The van der Waals surface area contributed by atoms with Crippen LogP contribution in [-0.4, -0.2) is 37.8 Å². The molecule has 108 valence electrons. The molecule has 1 atom stereocenters. The van der Waals surface area contributed by atoms with Gasteiger partial charge in [0.2, 0.25) is 0 Å². The van der Waals surface area contributed by atoms with Gasteiger partial charge < -0.3 is 5.32 Å². The van der Waals surface area contributed by atoms with E-state index in [1.54, 1.807) is 13.0 Å². The lowest BCUT2D eigenvalue weighted by Gasteiger charge is -2.35. The van der Waals surface area contributed by atoms with Crippen molar-refractivity contribution >= 4 is 12.4 Å². The molecular formula is C14H21ClF2N2. The Morgan fingerprint density at radius 1 is 1.32 bits per heavy atom. The SMILES string of the molecule is Cc1c(F)cccc1[C@@H](CCF)N1CCNCC1.Cl. The Morgan fingerprint density at radius 3 is 2.63 bits per heavy atom. The van der Waals surface area contributed by atoms with Gasteiger partial charge in [-0.3, -0.25) is 9.29 Å². The highest BCUT2D eigenvalue weighted by atomic mass is 35.5. The summed E-state index contributed by atoms with van der Waals surface area (Å²) in [5.41, 5.74) is 1.57. The first-order valence-corrected chi connectivity index (χ1v) is 6.49. The maximum atomic E-state index is 13.6. The lowest BCUT2D eigenvalue weighted by atomic mass is 9.97. The van der Waals surface area contributed by atoms with Crippen LogP contribution in [0, 0.1) is 12.7 Å². The van der Waals surface area contributed by atoms with Gasteiger partial charge in [0.15, 0.2) is 0 Å². The number of alkyl halides is 1. The minimum absolute atomic E-state index is 0. The van der Waals surface area contributed by atoms with Crippen LogP contribution in [0.1, 0.15) is 23.6 Å². The van der Waals surface area contributed by atoms with Crippen LogP contribution in [0.15, 0.2) is 18.2 Å². The molecule has 1 aliphatic rings. The molecule has 1 fully saturated rings. The van der Waals surface area contributed by atoms with Gasteiger partial charge in [-0.1, -0.05) is 12.1 Å². The van der Waals surface area contributed by atoms with Crippen molar-refractivity contribution in [3.63, 3.8) is 0 Å². The summed E-state index contributed by atoms with van der Waals surface area (Å²) in [6, 6.07) is 5.09. The highest BCUT2D eigenvalue weighted by Crippen LogP contribution is 2.28. The van der Waals surface area contributed by atoms with Gasteiger partial charge in [-0.2, -0.15) is 0 Å². The number of halogens is 3. The molecule has 0 saturated carbocycles. The van der Waals surface area contributed by atoms with Crippen LogP contribution in [0.5, 0.6) is 0 Å². The van der Waals surface area contributed by atoms with Crippen molar-refractivity contribution in [2.75, 3.05) is 32.9 Å². The number of nitrogens with one attached hydrogen (secondary N) is 1. The number of hydrogen-bond donors (Lipinski definition) is 1. The normalized spacial score (nSPS) is 17.8.